The van der Waals surface area contributed by atoms with Crippen LogP contribution in [-0.4, -0.2) is 107 Å². The van der Waals surface area contributed by atoms with Crippen LogP contribution in [0.4, 0.5) is 27.8 Å². The molecule has 0 aliphatic carbocycles. The van der Waals surface area contributed by atoms with Crippen molar-refractivity contribution in [1.29, 1.82) is 0 Å². The molecule has 6 heterocycles. The molecule has 2 aliphatic heterocycles. The van der Waals surface area contributed by atoms with Crippen LogP contribution in [0, 0.1) is 6.92 Å². The molecule has 0 radical (unpaired) electrons. The van der Waals surface area contributed by atoms with E-state index in [-0.39, 0.29) is 0 Å². The first-order chi connectivity index (χ1) is 24.2. The van der Waals surface area contributed by atoms with Crippen molar-refractivity contribution >= 4 is 72.2 Å². The fourth-order valence-corrected chi connectivity index (χ4v) is 8.14. The zero-order valence-electron chi connectivity index (χ0n) is 28.3. The average molecular weight is 709 g/mol. The van der Waals surface area contributed by atoms with Crippen molar-refractivity contribution in [3.63, 3.8) is 0 Å². The van der Waals surface area contributed by atoms with E-state index >= 15 is 0 Å². The van der Waals surface area contributed by atoms with Gasteiger partial charge in [0.05, 0.1) is 20.4 Å². The van der Waals surface area contributed by atoms with Crippen molar-refractivity contribution in [3.8, 4) is 21.1 Å². The maximum atomic E-state index is 10.8. The molecule has 1 amide bonds. The Morgan fingerprint density at radius 2 is 1.30 bits per heavy atom. The molecule has 12 nitrogen and oxygen atoms in total. The number of hydrogen-bond donors (Lipinski definition) is 3. The van der Waals surface area contributed by atoms with Gasteiger partial charge in [-0.15, -0.1) is 22.7 Å². The predicted octanol–water partition coefficient (Wildman–Crippen LogP) is 6.20. The molecular formula is C36H40N10O2S2. The molecule has 2 fully saturated rings. The minimum absolute atomic E-state index is 0.545. The van der Waals surface area contributed by atoms with Crippen LogP contribution in [0.15, 0.2) is 67.0 Å². The predicted molar refractivity (Wildman–Crippen MR) is 206 cm³/mol. The molecule has 2 aliphatic rings. The third-order valence-electron chi connectivity index (χ3n) is 8.99. The lowest BCUT2D eigenvalue weighted by Crippen LogP contribution is -2.44. The summed E-state index contributed by atoms with van der Waals surface area (Å²) >= 11 is 3.20. The van der Waals surface area contributed by atoms with Gasteiger partial charge in [0, 0.05) is 87.3 Å². The molecule has 2 aromatic carbocycles. The van der Waals surface area contributed by atoms with Gasteiger partial charge in [0.15, 0.2) is 0 Å². The Morgan fingerprint density at radius 1 is 0.740 bits per heavy atom. The van der Waals surface area contributed by atoms with E-state index in [4.69, 9.17) is 15.8 Å². The Kier molecular flexibility index (Phi) is 9.76. The number of amides is 1. The highest BCUT2D eigenvalue weighted by Crippen LogP contribution is 2.34. The van der Waals surface area contributed by atoms with Crippen molar-refractivity contribution in [2.24, 2.45) is 0 Å². The number of aryl methyl sites for hydroxylation is 1. The summed E-state index contributed by atoms with van der Waals surface area (Å²) in [7, 11) is 4.30. The number of nitrogens with two attached hydrogens (primary N) is 1. The molecule has 4 aromatic heterocycles. The van der Waals surface area contributed by atoms with Crippen LogP contribution in [0.5, 0.6) is 0 Å². The van der Waals surface area contributed by atoms with Gasteiger partial charge < -0.3 is 30.4 Å². The van der Waals surface area contributed by atoms with Gasteiger partial charge in [0.25, 0.3) is 0 Å². The fraction of sp³-hybridized carbons (Fsp3) is 0.306. The van der Waals surface area contributed by atoms with Gasteiger partial charge in [-0.3, -0.25) is 5.32 Å². The second-order valence-electron chi connectivity index (χ2n) is 12.7. The first kappa shape index (κ1) is 33.6. The smallest absolute Gasteiger partial charge is 0.409 e. The first-order valence-corrected chi connectivity index (χ1v) is 18.2. The number of carboxylic acid groups (broad SMARTS) is 1. The number of aromatic nitrogens is 4. The largest absolute Gasteiger partial charge is 0.465 e. The maximum Gasteiger partial charge on any atom is 0.409 e. The first-order valence-electron chi connectivity index (χ1n) is 16.6. The number of piperazine rings is 2. The zero-order valence-corrected chi connectivity index (χ0v) is 30.0. The summed E-state index contributed by atoms with van der Waals surface area (Å²) < 4.78 is 2.07. The van der Waals surface area contributed by atoms with Crippen molar-refractivity contribution in [2.75, 3.05) is 87.3 Å². The van der Waals surface area contributed by atoms with Gasteiger partial charge >= 0.3 is 6.09 Å². The lowest BCUT2D eigenvalue weighted by molar-refractivity contribution is 0.210. The van der Waals surface area contributed by atoms with Gasteiger partial charge in [-0.1, -0.05) is 0 Å². The number of thiazole rings is 2. The highest BCUT2D eigenvalue weighted by molar-refractivity contribution is 7.22. The molecule has 0 saturated carbocycles. The fourth-order valence-electron chi connectivity index (χ4n) is 6.07. The topological polar surface area (TPSA) is 140 Å². The van der Waals surface area contributed by atoms with E-state index in [1.807, 2.05) is 36.7 Å². The van der Waals surface area contributed by atoms with Crippen LogP contribution < -0.4 is 20.9 Å². The summed E-state index contributed by atoms with van der Waals surface area (Å²) in [5.41, 5.74) is 12.3. The molecule has 50 heavy (non-hydrogen) atoms. The minimum Gasteiger partial charge on any atom is -0.465 e. The number of fused-ring (bicyclic) bond motifs is 2. The normalized spacial score (nSPS) is 15.7. The Bertz CT molecular complexity index is 2100. The molecule has 4 N–H and O–H groups in total. The summed E-state index contributed by atoms with van der Waals surface area (Å²) in [5, 5.41) is 13.1. The number of hydrogen-bond acceptors (Lipinski definition) is 12. The molecule has 0 atom stereocenters. The summed E-state index contributed by atoms with van der Waals surface area (Å²) in [6, 6.07) is 17.6. The Hall–Kier alpha value is -4.89. The lowest BCUT2D eigenvalue weighted by atomic mass is 10.2. The number of nitrogens with one attached hydrogen (secondary N) is 1. The highest BCUT2D eigenvalue weighted by Gasteiger charge is 2.17. The Morgan fingerprint density at radius 3 is 1.84 bits per heavy atom. The van der Waals surface area contributed by atoms with E-state index in [2.05, 4.69) is 79.1 Å². The van der Waals surface area contributed by atoms with Crippen molar-refractivity contribution in [3.05, 3.63) is 72.6 Å². The maximum absolute atomic E-state index is 10.8. The number of nitrogens with zero attached hydrogens (tertiary/aromatic N) is 8. The number of likely N-dealkylation sites (N-methyl/N-ethyl adjacent to an activating group) is 2. The minimum atomic E-state index is -1.07. The van der Waals surface area contributed by atoms with Gasteiger partial charge in [0.2, 0.25) is 0 Å². The number of nitrogen functional groups attached to an aromatic ring is 1. The van der Waals surface area contributed by atoms with E-state index in [1.54, 1.807) is 23.5 Å². The SMILES string of the molecule is CN1CCN(c2ccc(-c3nc4ccc(NC(=O)O)cc4s3)cn2)CC1.Cc1cc(N)cc2sc(-c3ccc(N4CCN(C)CC4)nc3)nc12. The third kappa shape index (κ3) is 7.63. The Balaban J connectivity index is 0.000000157. The number of carbonyl (C=O) groups is 1. The molecule has 0 spiro atoms. The second kappa shape index (κ2) is 14.5. The lowest BCUT2D eigenvalue weighted by Gasteiger charge is -2.33. The van der Waals surface area contributed by atoms with Crippen LogP contribution in [-0.2, 0) is 0 Å². The van der Waals surface area contributed by atoms with Crippen LogP contribution in [0.2, 0.25) is 0 Å². The van der Waals surface area contributed by atoms with Crippen molar-refractivity contribution in [1.82, 2.24) is 29.7 Å². The average Bonchev–Trinajstić information content (AvgIpc) is 3.74. The van der Waals surface area contributed by atoms with Crippen molar-refractivity contribution in [2.45, 2.75) is 6.92 Å². The summed E-state index contributed by atoms with van der Waals surface area (Å²) in [6.45, 7) is 10.4. The second-order valence-corrected chi connectivity index (χ2v) is 14.8. The molecule has 14 heteroatoms. The number of anilines is 4. The summed E-state index contributed by atoms with van der Waals surface area (Å²) in [4.78, 5) is 38.8. The molecular weight excluding hydrogens is 669 g/mol. The van der Waals surface area contributed by atoms with E-state index in [9.17, 15) is 4.79 Å². The quantitative estimate of drug-likeness (QED) is 0.176. The zero-order chi connectivity index (χ0) is 34.8. The number of benzene rings is 2. The Labute approximate surface area is 298 Å². The number of pyridine rings is 2. The molecule has 8 rings (SSSR count). The van der Waals surface area contributed by atoms with Gasteiger partial charge in [-0.05, 0) is 81.2 Å². The molecule has 2 saturated heterocycles. The highest BCUT2D eigenvalue weighted by atomic mass is 32.1. The van der Waals surface area contributed by atoms with Gasteiger partial charge in [0.1, 0.15) is 21.7 Å². The third-order valence-corrected chi connectivity index (χ3v) is 11.1. The van der Waals surface area contributed by atoms with E-state index in [1.165, 1.54) is 11.3 Å². The van der Waals surface area contributed by atoms with E-state index in [0.717, 1.165) is 117 Å². The van der Waals surface area contributed by atoms with E-state index < -0.39 is 6.09 Å². The van der Waals surface area contributed by atoms with Crippen LogP contribution in [0.25, 0.3) is 41.6 Å². The molecule has 258 valence electrons. The van der Waals surface area contributed by atoms with Crippen molar-refractivity contribution < 1.29 is 9.90 Å². The summed E-state index contributed by atoms with van der Waals surface area (Å²) in [5.74, 6) is 2.05. The summed E-state index contributed by atoms with van der Waals surface area (Å²) in [6.07, 6.45) is 2.73. The number of rotatable bonds is 5. The van der Waals surface area contributed by atoms with Crippen LogP contribution >= 0.6 is 22.7 Å². The molecule has 0 bridgehead atoms. The van der Waals surface area contributed by atoms with E-state index in [0.29, 0.717) is 5.69 Å². The van der Waals surface area contributed by atoms with Crippen LogP contribution in [0.1, 0.15) is 5.56 Å². The molecule has 6 aromatic rings. The standard InChI is InChI=1S/C18H19N5O2S.C18H21N5S/c1-22-6-8-23(9-7-22)16-5-2-12(11-19-16)17-21-14-4-3-13(20-18(24)25)10-15(14)26-17;1-12-9-14(19)10-15-17(12)21-18(24-15)13-3-4-16(20-11-13)23-7-5-22(2)6-8-23/h2-5,10-11,20H,6-9H2,1H3,(H,24,25);3-4,9-11H,5-8,19H2,1-2H3. The van der Waals surface area contributed by atoms with Gasteiger partial charge in [-0.2, -0.15) is 0 Å². The molecule has 0 unspecified atom stereocenters. The van der Waals surface area contributed by atoms with Gasteiger partial charge in [-0.25, -0.2) is 24.7 Å². The monoisotopic (exact) mass is 708 g/mol. The van der Waals surface area contributed by atoms with Crippen LogP contribution in [0.3, 0.4) is 0 Å².